The van der Waals surface area contributed by atoms with E-state index in [-0.39, 0.29) is 17.3 Å². The van der Waals surface area contributed by atoms with Gasteiger partial charge in [0.15, 0.2) is 0 Å². The lowest BCUT2D eigenvalue weighted by Crippen LogP contribution is -2.64. The maximum absolute atomic E-state index is 13.1. The highest BCUT2D eigenvalue weighted by Crippen LogP contribution is 2.33. The number of hydrogen-bond donors (Lipinski definition) is 0. The zero-order valence-electron chi connectivity index (χ0n) is 15.1. The summed E-state index contributed by atoms with van der Waals surface area (Å²) in [4.78, 5) is 19.1. The Hall–Kier alpha value is -2.24. The summed E-state index contributed by atoms with van der Waals surface area (Å²) in [6, 6.07) is 16.7. The van der Waals surface area contributed by atoms with Gasteiger partial charge in [-0.2, -0.15) is 0 Å². The highest BCUT2D eigenvalue weighted by atomic mass is 19.1. The van der Waals surface area contributed by atoms with Crippen LogP contribution in [-0.2, 0) is 11.3 Å². The average molecular weight is 353 g/mol. The number of para-hydroxylation sites is 1. The Morgan fingerprint density at radius 3 is 2.50 bits per heavy atom. The molecule has 0 aromatic heterocycles. The summed E-state index contributed by atoms with van der Waals surface area (Å²) in [7, 11) is 2.06. The number of hydrogen-bond acceptors (Lipinski definition) is 3. The number of benzene rings is 2. The van der Waals surface area contributed by atoms with E-state index in [1.54, 1.807) is 0 Å². The van der Waals surface area contributed by atoms with Gasteiger partial charge in [0.25, 0.3) is 0 Å². The third-order valence-corrected chi connectivity index (χ3v) is 5.73. The lowest BCUT2D eigenvalue weighted by molar-refractivity contribution is -0.123. The Balaban J connectivity index is 1.50. The third kappa shape index (κ3) is 3.24. The molecule has 1 spiro atoms. The van der Waals surface area contributed by atoms with Gasteiger partial charge in [0.2, 0.25) is 5.91 Å². The third-order valence-electron chi connectivity index (χ3n) is 5.73. The van der Waals surface area contributed by atoms with Crippen LogP contribution < -0.4 is 4.90 Å². The maximum atomic E-state index is 13.1. The fourth-order valence-electron chi connectivity index (χ4n) is 4.17. The van der Waals surface area contributed by atoms with Crippen molar-refractivity contribution in [2.45, 2.75) is 18.5 Å². The molecule has 2 aromatic carbocycles. The van der Waals surface area contributed by atoms with Crippen LogP contribution in [0.1, 0.15) is 12.0 Å². The second kappa shape index (κ2) is 6.82. The van der Waals surface area contributed by atoms with Crippen molar-refractivity contribution in [1.82, 2.24) is 9.80 Å². The van der Waals surface area contributed by atoms with Crippen molar-refractivity contribution < 1.29 is 9.18 Å². The van der Waals surface area contributed by atoms with E-state index < -0.39 is 0 Å². The van der Waals surface area contributed by atoms with E-state index >= 15 is 0 Å². The van der Waals surface area contributed by atoms with Gasteiger partial charge in [-0.1, -0.05) is 30.3 Å². The SMILES string of the molecule is CN1CC(=O)N(c2ccccc2)C[C@]12CCN(Cc1ccc(F)cc1)C2. The van der Waals surface area contributed by atoms with Crippen LogP contribution in [0.2, 0.25) is 0 Å². The van der Waals surface area contributed by atoms with E-state index in [4.69, 9.17) is 0 Å². The smallest absolute Gasteiger partial charge is 0.241 e. The Kier molecular flexibility index (Phi) is 4.51. The van der Waals surface area contributed by atoms with Crippen molar-refractivity contribution in [3.8, 4) is 0 Å². The van der Waals surface area contributed by atoms with Gasteiger partial charge in [-0.15, -0.1) is 0 Å². The first-order valence-corrected chi connectivity index (χ1v) is 9.09. The number of halogens is 1. The molecule has 4 nitrogen and oxygen atoms in total. The van der Waals surface area contributed by atoms with Crippen molar-refractivity contribution in [3.05, 3.63) is 66.0 Å². The number of amides is 1. The largest absolute Gasteiger partial charge is 0.309 e. The molecule has 0 N–H and O–H groups in total. The number of likely N-dealkylation sites (tertiary alicyclic amines) is 1. The molecule has 2 aliphatic rings. The summed E-state index contributed by atoms with van der Waals surface area (Å²) >= 11 is 0. The molecule has 2 saturated heterocycles. The van der Waals surface area contributed by atoms with Gasteiger partial charge in [0, 0.05) is 31.9 Å². The van der Waals surface area contributed by atoms with Gasteiger partial charge >= 0.3 is 0 Å². The fraction of sp³-hybridized carbons (Fsp3) is 0.381. The van der Waals surface area contributed by atoms with Crippen LogP contribution in [0, 0.1) is 5.82 Å². The number of likely N-dealkylation sites (N-methyl/N-ethyl adjacent to an activating group) is 1. The first kappa shape index (κ1) is 17.2. The first-order valence-electron chi connectivity index (χ1n) is 9.09. The van der Waals surface area contributed by atoms with E-state index in [9.17, 15) is 9.18 Å². The minimum absolute atomic E-state index is 0.0240. The number of piperazine rings is 1. The molecule has 4 rings (SSSR count). The zero-order valence-corrected chi connectivity index (χ0v) is 15.1. The van der Waals surface area contributed by atoms with Crippen LogP contribution in [-0.4, -0.2) is 54.5 Å². The Morgan fingerprint density at radius 1 is 1.04 bits per heavy atom. The lowest BCUT2D eigenvalue weighted by atomic mass is 9.92. The summed E-state index contributed by atoms with van der Waals surface area (Å²) in [5.41, 5.74) is 2.07. The van der Waals surface area contributed by atoms with E-state index in [1.807, 2.05) is 47.4 Å². The minimum Gasteiger partial charge on any atom is -0.309 e. The van der Waals surface area contributed by atoms with Gasteiger partial charge < -0.3 is 4.90 Å². The molecule has 26 heavy (non-hydrogen) atoms. The molecule has 2 aliphatic heterocycles. The monoisotopic (exact) mass is 353 g/mol. The van der Waals surface area contributed by atoms with Crippen molar-refractivity contribution in [1.29, 1.82) is 0 Å². The predicted octanol–water partition coefficient (Wildman–Crippen LogP) is 2.75. The molecular weight excluding hydrogens is 329 g/mol. The number of anilines is 1. The average Bonchev–Trinajstić information content (AvgIpc) is 3.05. The highest BCUT2D eigenvalue weighted by molar-refractivity contribution is 5.96. The topological polar surface area (TPSA) is 26.8 Å². The number of nitrogens with zero attached hydrogens (tertiary/aromatic N) is 3. The molecule has 0 bridgehead atoms. The van der Waals surface area contributed by atoms with Crippen LogP contribution in [0.3, 0.4) is 0 Å². The maximum Gasteiger partial charge on any atom is 0.241 e. The summed E-state index contributed by atoms with van der Waals surface area (Å²) in [6.07, 6.45) is 1.03. The van der Waals surface area contributed by atoms with Crippen molar-refractivity contribution in [2.24, 2.45) is 0 Å². The fourth-order valence-corrected chi connectivity index (χ4v) is 4.17. The van der Waals surface area contributed by atoms with E-state index in [2.05, 4.69) is 16.8 Å². The Labute approximate surface area is 153 Å². The van der Waals surface area contributed by atoms with E-state index in [0.29, 0.717) is 13.1 Å². The van der Waals surface area contributed by atoms with Gasteiger partial charge in [-0.25, -0.2) is 4.39 Å². The second-order valence-corrected chi connectivity index (χ2v) is 7.48. The molecule has 0 aliphatic carbocycles. The Morgan fingerprint density at radius 2 is 1.77 bits per heavy atom. The van der Waals surface area contributed by atoms with Crippen molar-refractivity contribution in [3.63, 3.8) is 0 Å². The van der Waals surface area contributed by atoms with Crippen LogP contribution in [0.4, 0.5) is 10.1 Å². The van der Waals surface area contributed by atoms with E-state index in [0.717, 1.165) is 37.3 Å². The first-order chi connectivity index (χ1) is 12.6. The predicted molar refractivity (Wildman–Crippen MR) is 100 cm³/mol. The summed E-state index contributed by atoms with van der Waals surface area (Å²) < 4.78 is 13.1. The molecule has 1 amide bonds. The Bertz CT molecular complexity index is 780. The molecule has 136 valence electrons. The standard InChI is InChI=1S/C21H24FN3O/c1-23-14-20(26)25(19-5-3-2-4-6-19)16-21(23)11-12-24(15-21)13-17-7-9-18(22)10-8-17/h2-10H,11-16H2,1H3/t21-/m1/s1. The van der Waals surface area contributed by atoms with Gasteiger partial charge in [-0.05, 0) is 43.3 Å². The molecular formula is C21H24FN3O. The number of rotatable bonds is 3. The molecule has 2 aromatic rings. The van der Waals surface area contributed by atoms with Gasteiger partial charge in [0.05, 0.1) is 12.1 Å². The highest BCUT2D eigenvalue weighted by Gasteiger charge is 2.47. The summed E-state index contributed by atoms with van der Waals surface area (Å²) in [5.74, 6) is -0.0445. The molecule has 0 unspecified atom stereocenters. The van der Waals surface area contributed by atoms with Crippen molar-refractivity contribution in [2.75, 3.05) is 38.1 Å². The molecule has 2 heterocycles. The van der Waals surface area contributed by atoms with Crippen LogP contribution in [0.25, 0.3) is 0 Å². The molecule has 2 fully saturated rings. The normalized spacial score (nSPS) is 24.5. The number of carbonyl (C=O) groups is 1. The van der Waals surface area contributed by atoms with E-state index in [1.165, 1.54) is 12.1 Å². The zero-order chi connectivity index (χ0) is 18.1. The quantitative estimate of drug-likeness (QED) is 0.849. The molecule has 1 atom stereocenters. The number of carbonyl (C=O) groups excluding carboxylic acids is 1. The molecule has 0 radical (unpaired) electrons. The lowest BCUT2D eigenvalue weighted by Gasteiger charge is -2.47. The second-order valence-electron chi connectivity index (χ2n) is 7.48. The molecule has 0 saturated carbocycles. The van der Waals surface area contributed by atoms with Gasteiger partial charge in [-0.3, -0.25) is 14.6 Å². The summed E-state index contributed by atoms with van der Waals surface area (Å²) in [5, 5.41) is 0. The van der Waals surface area contributed by atoms with Crippen molar-refractivity contribution >= 4 is 11.6 Å². The van der Waals surface area contributed by atoms with Gasteiger partial charge in [0.1, 0.15) is 5.82 Å². The minimum atomic E-state index is -0.198. The summed E-state index contributed by atoms with van der Waals surface area (Å²) in [6.45, 7) is 3.87. The van der Waals surface area contributed by atoms with Crippen LogP contribution in [0.15, 0.2) is 54.6 Å². The van der Waals surface area contributed by atoms with Crippen LogP contribution in [0.5, 0.6) is 0 Å². The molecule has 5 heteroatoms. The van der Waals surface area contributed by atoms with Crippen LogP contribution >= 0.6 is 0 Å².